The molecule has 1 fully saturated rings. The maximum atomic E-state index is 12.4. The van der Waals surface area contributed by atoms with Gasteiger partial charge in [-0.25, -0.2) is 9.97 Å². The van der Waals surface area contributed by atoms with Crippen molar-refractivity contribution in [1.82, 2.24) is 19.9 Å². The summed E-state index contributed by atoms with van der Waals surface area (Å²) in [5.74, 6) is 2.40. The second kappa shape index (κ2) is 9.62. The van der Waals surface area contributed by atoms with Crippen LogP contribution >= 0.6 is 0 Å². The zero-order valence-corrected chi connectivity index (χ0v) is 21.1. The minimum Gasteiger partial charge on any atom is -0.457 e. The number of fused-ring (bicyclic) bond motifs is 1. The molecule has 4 aromatic rings. The lowest BCUT2D eigenvalue weighted by Gasteiger charge is -2.20. The van der Waals surface area contributed by atoms with Gasteiger partial charge >= 0.3 is 0 Å². The van der Waals surface area contributed by atoms with E-state index in [1.807, 2.05) is 35.9 Å². The number of nitrogens with one attached hydrogen (secondary N) is 3. The molecular formula is C28H32N6O2. The summed E-state index contributed by atoms with van der Waals surface area (Å²) in [6.07, 6.45) is 3.47. The van der Waals surface area contributed by atoms with E-state index in [9.17, 15) is 4.79 Å². The molecule has 1 saturated heterocycles. The summed E-state index contributed by atoms with van der Waals surface area (Å²) in [5.41, 5.74) is 4.13. The van der Waals surface area contributed by atoms with Gasteiger partial charge in [-0.3, -0.25) is 4.79 Å². The highest BCUT2D eigenvalue weighted by atomic mass is 16.5. The number of carbonyl (C=O) groups is 1. The van der Waals surface area contributed by atoms with Gasteiger partial charge in [-0.15, -0.1) is 0 Å². The van der Waals surface area contributed by atoms with Crippen LogP contribution in [0.3, 0.4) is 0 Å². The van der Waals surface area contributed by atoms with Crippen molar-refractivity contribution >= 4 is 34.4 Å². The van der Waals surface area contributed by atoms with E-state index in [2.05, 4.69) is 59.9 Å². The minimum absolute atomic E-state index is 0.0688. The highest BCUT2D eigenvalue weighted by Crippen LogP contribution is 2.30. The number of hydrogen-bond donors (Lipinski definition) is 3. The van der Waals surface area contributed by atoms with Crippen LogP contribution in [0.2, 0.25) is 0 Å². The van der Waals surface area contributed by atoms with Crippen LogP contribution in [0, 0.1) is 0 Å². The van der Waals surface area contributed by atoms with Gasteiger partial charge in [0, 0.05) is 31.1 Å². The first-order chi connectivity index (χ1) is 17.3. The molecule has 1 atom stereocenters. The predicted octanol–water partition coefficient (Wildman–Crippen LogP) is 5.49. The van der Waals surface area contributed by atoms with Crippen LogP contribution in [-0.2, 0) is 17.3 Å². The number of amides is 1. The number of benzene rings is 2. The number of nitrogens with zero attached hydrogens (tertiary/aromatic N) is 3. The van der Waals surface area contributed by atoms with E-state index in [1.165, 1.54) is 5.56 Å². The fourth-order valence-corrected chi connectivity index (χ4v) is 4.35. The van der Waals surface area contributed by atoms with Crippen molar-refractivity contribution < 1.29 is 9.53 Å². The topological polar surface area (TPSA) is 93.1 Å². The summed E-state index contributed by atoms with van der Waals surface area (Å²) in [7, 11) is 1.99. The summed E-state index contributed by atoms with van der Waals surface area (Å²) in [4.78, 5) is 21.4. The second-order valence-electron chi connectivity index (χ2n) is 10.2. The number of ether oxygens (including phenoxy) is 1. The van der Waals surface area contributed by atoms with Gasteiger partial charge in [-0.1, -0.05) is 32.9 Å². The molecule has 0 spiro atoms. The molecule has 3 heterocycles. The molecule has 0 aliphatic carbocycles. The third-order valence-electron chi connectivity index (χ3n) is 6.43. The smallest absolute Gasteiger partial charge is 0.242 e. The van der Waals surface area contributed by atoms with Crippen molar-refractivity contribution in [2.24, 2.45) is 7.05 Å². The molecule has 36 heavy (non-hydrogen) atoms. The Hall–Kier alpha value is -3.91. The fraction of sp³-hybridized carbons (Fsp3) is 0.321. The second-order valence-corrected chi connectivity index (χ2v) is 10.2. The molecule has 8 heteroatoms. The van der Waals surface area contributed by atoms with Gasteiger partial charge in [-0.2, -0.15) is 0 Å². The van der Waals surface area contributed by atoms with Crippen LogP contribution in [0.5, 0.6) is 11.5 Å². The number of rotatable bonds is 6. The van der Waals surface area contributed by atoms with E-state index in [0.29, 0.717) is 17.3 Å². The van der Waals surface area contributed by atoms with E-state index in [-0.39, 0.29) is 17.4 Å². The average molecular weight is 485 g/mol. The Labute approximate surface area is 211 Å². The van der Waals surface area contributed by atoms with Crippen LogP contribution in [0.1, 0.15) is 39.2 Å². The molecule has 5 rings (SSSR count). The summed E-state index contributed by atoms with van der Waals surface area (Å²) in [6, 6.07) is 17.6. The molecule has 0 bridgehead atoms. The number of imidazole rings is 1. The maximum absolute atomic E-state index is 12.4. The van der Waals surface area contributed by atoms with Gasteiger partial charge in [0.1, 0.15) is 17.3 Å². The standard InChI is InChI=1S/C28H32N6O2/c1-28(2,3)18-7-5-8-19(15-18)31-27-32-23-16-20(10-11-24(23)34(27)4)36-21-12-14-30-25(17-21)33-26(35)22-9-6-13-29-22/h5,7-8,10-12,14-17,22,29H,6,9,13H2,1-4H3,(H,31,32)(H,30,33,35)/t22-/m0/s1. The number of hydrogen-bond acceptors (Lipinski definition) is 6. The first-order valence-corrected chi connectivity index (χ1v) is 12.3. The monoisotopic (exact) mass is 484 g/mol. The Balaban J connectivity index is 1.32. The number of aryl methyl sites for hydroxylation is 1. The lowest BCUT2D eigenvalue weighted by molar-refractivity contribution is -0.117. The van der Waals surface area contributed by atoms with Crippen LogP contribution in [0.4, 0.5) is 17.5 Å². The largest absolute Gasteiger partial charge is 0.457 e. The Morgan fingerprint density at radius 1 is 1.11 bits per heavy atom. The van der Waals surface area contributed by atoms with Crippen molar-refractivity contribution in [3.05, 3.63) is 66.4 Å². The maximum Gasteiger partial charge on any atom is 0.242 e. The predicted molar refractivity (Wildman–Crippen MR) is 143 cm³/mol. The van der Waals surface area contributed by atoms with E-state index >= 15 is 0 Å². The van der Waals surface area contributed by atoms with Gasteiger partial charge < -0.3 is 25.3 Å². The van der Waals surface area contributed by atoms with Crippen LogP contribution in [0.25, 0.3) is 11.0 Å². The molecular weight excluding hydrogens is 452 g/mol. The van der Waals surface area contributed by atoms with E-state index in [1.54, 1.807) is 18.3 Å². The zero-order valence-electron chi connectivity index (χ0n) is 21.1. The van der Waals surface area contributed by atoms with Crippen LogP contribution < -0.4 is 20.7 Å². The molecule has 1 amide bonds. The summed E-state index contributed by atoms with van der Waals surface area (Å²) < 4.78 is 8.11. The van der Waals surface area contributed by atoms with Crippen molar-refractivity contribution in [3.63, 3.8) is 0 Å². The van der Waals surface area contributed by atoms with Gasteiger partial charge in [0.15, 0.2) is 0 Å². The molecule has 0 saturated carbocycles. The van der Waals surface area contributed by atoms with Crippen LogP contribution in [0.15, 0.2) is 60.8 Å². The summed E-state index contributed by atoms with van der Waals surface area (Å²) in [6.45, 7) is 7.48. The quantitative estimate of drug-likeness (QED) is 0.335. The first kappa shape index (κ1) is 23.8. The van der Waals surface area contributed by atoms with E-state index in [0.717, 1.165) is 42.1 Å². The first-order valence-electron chi connectivity index (χ1n) is 12.3. The number of anilines is 3. The molecule has 3 N–H and O–H groups in total. The zero-order chi connectivity index (χ0) is 25.3. The molecule has 0 unspecified atom stereocenters. The molecule has 186 valence electrons. The Morgan fingerprint density at radius 2 is 1.94 bits per heavy atom. The molecule has 8 nitrogen and oxygen atoms in total. The molecule has 1 aliphatic rings. The summed E-state index contributed by atoms with van der Waals surface area (Å²) in [5, 5.41) is 9.51. The molecule has 1 aliphatic heterocycles. The Kier molecular flexibility index (Phi) is 6.36. The summed E-state index contributed by atoms with van der Waals surface area (Å²) >= 11 is 0. The van der Waals surface area contributed by atoms with Gasteiger partial charge in [0.25, 0.3) is 0 Å². The third-order valence-corrected chi connectivity index (χ3v) is 6.43. The highest BCUT2D eigenvalue weighted by molar-refractivity contribution is 5.94. The number of carbonyl (C=O) groups excluding carboxylic acids is 1. The van der Waals surface area contributed by atoms with Gasteiger partial charge in [0.2, 0.25) is 11.9 Å². The third kappa shape index (κ3) is 5.18. The van der Waals surface area contributed by atoms with Crippen molar-refractivity contribution in [2.45, 2.75) is 45.1 Å². The highest BCUT2D eigenvalue weighted by Gasteiger charge is 2.22. The van der Waals surface area contributed by atoms with Crippen molar-refractivity contribution in [1.29, 1.82) is 0 Å². The Bertz CT molecular complexity index is 1400. The molecule has 2 aromatic heterocycles. The lowest BCUT2D eigenvalue weighted by Crippen LogP contribution is -2.35. The van der Waals surface area contributed by atoms with Gasteiger partial charge in [0.05, 0.1) is 17.1 Å². The average Bonchev–Trinajstić information content (AvgIpc) is 3.48. The van der Waals surface area contributed by atoms with Crippen molar-refractivity contribution in [2.75, 3.05) is 17.2 Å². The van der Waals surface area contributed by atoms with E-state index < -0.39 is 0 Å². The normalized spacial score (nSPS) is 15.7. The molecule has 2 aromatic carbocycles. The Morgan fingerprint density at radius 3 is 2.72 bits per heavy atom. The molecule has 0 radical (unpaired) electrons. The minimum atomic E-state index is -0.165. The van der Waals surface area contributed by atoms with Crippen molar-refractivity contribution in [3.8, 4) is 11.5 Å². The number of aromatic nitrogens is 3. The van der Waals surface area contributed by atoms with Crippen LogP contribution in [-0.4, -0.2) is 33.0 Å². The SMILES string of the molecule is Cn1c(Nc2cccc(C(C)(C)C)c2)nc2cc(Oc3ccnc(NC(=O)[C@@H]4CCCN4)c3)ccc21. The lowest BCUT2D eigenvalue weighted by atomic mass is 9.87. The fourth-order valence-electron chi connectivity index (χ4n) is 4.35. The van der Waals surface area contributed by atoms with E-state index in [4.69, 9.17) is 9.72 Å². The number of pyridine rings is 1. The van der Waals surface area contributed by atoms with Gasteiger partial charge in [-0.05, 0) is 60.7 Å².